The number of hydrogen-bond donors (Lipinski definition) is 1. The molecule has 2 aromatic rings. The largest absolute Gasteiger partial charge is 0.497 e. The SMILES string of the molecule is COc1ccc(OC)c([C@@H](C)NC(=O)CN(c2ccccc2Br)S(C)(=O)=O)c1. The topological polar surface area (TPSA) is 84.9 Å². The zero-order valence-electron chi connectivity index (χ0n) is 16.1. The Labute approximate surface area is 173 Å². The lowest BCUT2D eigenvalue weighted by molar-refractivity contribution is -0.120. The molecule has 0 aliphatic carbocycles. The van der Waals surface area contributed by atoms with E-state index in [9.17, 15) is 13.2 Å². The molecule has 0 radical (unpaired) electrons. The molecule has 1 amide bonds. The number of nitrogens with zero attached hydrogens (tertiary/aromatic N) is 1. The van der Waals surface area contributed by atoms with E-state index in [4.69, 9.17) is 9.47 Å². The van der Waals surface area contributed by atoms with Crippen LogP contribution in [0.25, 0.3) is 0 Å². The molecule has 0 aromatic heterocycles. The van der Waals surface area contributed by atoms with E-state index in [-0.39, 0.29) is 6.54 Å². The van der Waals surface area contributed by atoms with Crippen LogP contribution in [0, 0.1) is 0 Å². The van der Waals surface area contributed by atoms with Crippen LogP contribution in [0.1, 0.15) is 18.5 Å². The average Bonchev–Trinajstić information content (AvgIpc) is 2.65. The summed E-state index contributed by atoms with van der Waals surface area (Å²) in [7, 11) is -0.570. The summed E-state index contributed by atoms with van der Waals surface area (Å²) in [6.45, 7) is 1.44. The molecule has 0 heterocycles. The quantitative estimate of drug-likeness (QED) is 0.640. The molecule has 9 heteroatoms. The fourth-order valence-electron chi connectivity index (χ4n) is 2.71. The van der Waals surface area contributed by atoms with Crippen LogP contribution < -0.4 is 19.1 Å². The van der Waals surface area contributed by atoms with Crippen LogP contribution in [0.15, 0.2) is 46.9 Å². The van der Waals surface area contributed by atoms with Gasteiger partial charge < -0.3 is 14.8 Å². The minimum atomic E-state index is -3.66. The maximum Gasteiger partial charge on any atom is 0.241 e. The summed E-state index contributed by atoms with van der Waals surface area (Å²) in [6, 6.07) is 11.7. The number of para-hydroxylation sites is 1. The van der Waals surface area contributed by atoms with Crippen LogP contribution in [-0.2, 0) is 14.8 Å². The van der Waals surface area contributed by atoms with E-state index in [1.165, 1.54) is 7.11 Å². The number of amides is 1. The molecule has 0 aliphatic heterocycles. The third-order valence-electron chi connectivity index (χ3n) is 4.09. The Morgan fingerprint density at radius 3 is 2.43 bits per heavy atom. The van der Waals surface area contributed by atoms with Crippen molar-refractivity contribution in [3.05, 3.63) is 52.5 Å². The first kappa shape index (κ1) is 22.0. The Hall–Kier alpha value is -2.26. The van der Waals surface area contributed by atoms with Gasteiger partial charge in [-0.2, -0.15) is 0 Å². The van der Waals surface area contributed by atoms with E-state index < -0.39 is 22.0 Å². The standard InChI is InChI=1S/C19H23BrN2O5S/c1-13(15-11-14(26-2)9-10-18(15)27-3)21-19(23)12-22(28(4,24)25)17-8-6-5-7-16(17)20/h5-11,13H,12H2,1-4H3,(H,21,23)/t13-/m1/s1. The van der Waals surface area contributed by atoms with Gasteiger partial charge in [0, 0.05) is 10.0 Å². The number of halogens is 1. The maximum atomic E-state index is 12.6. The van der Waals surface area contributed by atoms with E-state index in [0.717, 1.165) is 16.1 Å². The highest BCUT2D eigenvalue weighted by atomic mass is 79.9. The van der Waals surface area contributed by atoms with Crippen molar-refractivity contribution in [3.63, 3.8) is 0 Å². The van der Waals surface area contributed by atoms with Gasteiger partial charge >= 0.3 is 0 Å². The summed E-state index contributed by atoms with van der Waals surface area (Å²) >= 11 is 3.33. The predicted molar refractivity (Wildman–Crippen MR) is 112 cm³/mol. The molecule has 0 aliphatic rings. The first-order chi connectivity index (χ1) is 13.2. The van der Waals surface area contributed by atoms with E-state index >= 15 is 0 Å². The molecular weight excluding hydrogens is 448 g/mol. The lowest BCUT2D eigenvalue weighted by Gasteiger charge is -2.24. The van der Waals surface area contributed by atoms with Gasteiger partial charge in [-0.15, -0.1) is 0 Å². The second-order valence-electron chi connectivity index (χ2n) is 6.12. The van der Waals surface area contributed by atoms with Gasteiger partial charge in [-0.25, -0.2) is 8.42 Å². The van der Waals surface area contributed by atoms with Gasteiger partial charge in [-0.1, -0.05) is 12.1 Å². The molecule has 152 valence electrons. The molecular formula is C19H23BrN2O5S. The van der Waals surface area contributed by atoms with Gasteiger partial charge in [0.05, 0.1) is 32.2 Å². The highest BCUT2D eigenvalue weighted by molar-refractivity contribution is 9.10. The van der Waals surface area contributed by atoms with E-state index in [1.54, 1.807) is 56.5 Å². The number of carbonyl (C=O) groups is 1. The third-order valence-corrected chi connectivity index (χ3v) is 5.89. The lowest BCUT2D eigenvalue weighted by atomic mass is 10.1. The monoisotopic (exact) mass is 470 g/mol. The van der Waals surface area contributed by atoms with Crippen molar-refractivity contribution in [2.45, 2.75) is 13.0 Å². The maximum absolute atomic E-state index is 12.6. The molecule has 0 bridgehead atoms. The molecule has 2 aromatic carbocycles. The molecule has 0 saturated heterocycles. The smallest absolute Gasteiger partial charge is 0.241 e. The van der Waals surface area contributed by atoms with Crippen molar-refractivity contribution in [1.29, 1.82) is 0 Å². The lowest BCUT2D eigenvalue weighted by Crippen LogP contribution is -2.41. The summed E-state index contributed by atoms with van der Waals surface area (Å²) in [6.07, 6.45) is 1.06. The minimum Gasteiger partial charge on any atom is -0.497 e. The van der Waals surface area contributed by atoms with Crippen molar-refractivity contribution in [2.24, 2.45) is 0 Å². The van der Waals surface area contributed by atoms with Crippen LogP contribution in [0.3, 0.4) is 0 Å². The molecule has 0 spiro atoms. The van der Waals surface area contributed by atoms with Crippen LogP contribution >= 0.6 is 15.9 Å². The Balaban J connectivity index is 2.23. The van der Waals surface area contributed by atoms with Crippen molar-refractivity contribution in [1.82, 2.24) is 5.32 Å². The Kier molecular flexibility index (Phi) is 7.31. The van der Waals surface area contributed by atoms with Crippen LogP contribution in [0.4, 0.5) is 5.69 Å². The summed E-state index contributed by atoms with van der Waals surface area (Å²) in [4.78, 5) is 12.6. The number of carbonyl (C=O) groups excluding carboxylic acids is 1. The van der Waals surface area contributed by atoms with Crippen molar-refractivity contribution in [2.75, 3.05) is 31.3 Å². The number of sulfonamides is 1. The van der Waals surface area contributed by atoms with Gasteiger partial charge in [0.15, 0.2) is 0 Å². The number of ether oxygens (including phenoxy) is 2. The van der Waals surface area contributed by atoms with Crippen molar-refractivity contribution >= 4 is 37.5 Å². The average molecular weight is 471 g/mol. The van der Waals surface area contributed by atoms with Gasteiger partial charge in [0.2, 0.25) is 15.9 Å². The van der Waals surface area contributed by atoms with E-state index in [2.05, 4.69) is 21.2 Å². The van der Waals surface area contributed by atoms with Crippen LogP contribution in [0.2, 0.25) is 0 Å². The fourth-order valence-corrected chi connectivity index (χ4v) is 4.19. The zero-order chi connectivity index (χ0) is 20.9. The number of methoxy groups -OCH3 is 2. The summed E-state index contributed by atoms with van der Waals surface area (Å²) < 4.78 is 36.7. The number of hydrogen-bond acceptors (Lipinski definition) is 5. The first-order valence-electron chi connectivity index (χ1n) is 8.41. The van der Waals surface area contributed by atoms with Crippen molar-refractivity contribution in [3.8, 4) is 11.5 Å². The molecule has 1 atom stereocenters. The number of benzene rings is 2. The van der Waals surface area contributed by atoms with Crippen LogP contribution in [-0.4, -0.2) is 41.3 Å². The Morgan fingerprint density at radius 2 is 1.86 bits per heavy atom. The first-order valence-corrected chi connectivity index (χ1v) is 11.0. The number of nitrogens with one attached hydrogen (secondary N) is 1. The van der Waals surface area contributed by atoms with Crippen molar-refractivity contribution < 1.29 is 22.7 Å². The van der Waals surface area contributed by atoms with E-state index in [0.29, 0.717) is 21.7 Å². The predicted octanol–water partition coefficient (Wildman–Crippen LogP) is 3.11. The van der Waals surface area contributed by atoms with Gasteiger partial charge in [0.1, 0.15) is 18.0 Å². The van der Waals surface area contributed by atoms with Gasteiger partial charge in [-0.05, 0) is 53.2 Å². The fraction of sp³-hybridized carbons (Fsp3) is 0.316. The second-order valence-corrected chi connectivity index (χ2v) is 8.88. The molecule has 7 nitrogen and oxygen atoms in total. The van der Waals surface area contributed by atoms with Crippen LogP contribution in [0.5, 0.6) is 11.5 Å². The molecule has 0 saturated carbocycles. The number of rotatable bonds is 8. The van der Waals surface area contributed by atoms with E-state index in [1.807, 2.05) is 0 Å². The second kappa shape index (κ2) is 9.29. The number of anilines is 1. The summed E-state index contributed by atoms with van der Waals surface area (Å²) in [5.41, 5.74) is 1.12. The highest BCUT2D eigenvalue weighted by Gasteiger charge is 2.24. The molecule has 28 heavy (non-hydrogen) atoms. The molecule has 1 N–H and O–H groups in total. The molecule has 0 unspecified atom stereocenters. The third kappa shape index (κ3) is 5.39. The highest BCUT2D eigenvalue weighted by Crippen LogP contribution is 2.30. The zero-order valence-corrected chi connectivity index (χ0v) is 18.5. The normalized spacial score (nSPS) is 12.2. The van der Waals surface area contributed by atoms with Gasteiger partial charge in [-0.3, -0.25) is 9.10 Å². The Bertz CT molecular complexity index is 949. The molecule has 2 rings (SSSR count). The van der Waals surface area contributed by atoms with Gasteiger partial charge in [0.25, 0.3) is 0 Å². The molecule has 0 fully saturated rings. The minimum absolute atomic E-state index is 0.349. The summed E-state index contributed by atoms with van der Waals surface area (Å²) in [5.74, 6) is 0.779. The summed E-state index contributed by atoms with van der Waals surface area (Å²) in [5, 5.41) is 2.82. The Morgan fingerprint density at radius 1 is 1.18 bits per heavy atom.